The van der Waals surface area contributed by atoms with Crippen LogP contribution in [0.5, 0.6) is 0 Å². The number of allylic oxidation sites excluding steroid dienone is 2. The highest BCUT2D eigenvalue weighted by Gasteiger charge is 2.27. The number of rotatable bonds is 4. The Morgan fingerprint density at radius 3 is 2.59 bits per heavy atom. The Hall–Kier alpha value is -1.32. The summed E-state index contributed by atoms with van der Waals surface area (Å²) >= 11 is 0. The molecule has 96 valence electrons. The predicted octanol–water partition coefficient (Wildman–Crippen LogP) is 1.75. The first kappa shape index (κ1) is 13.7. The Bertz CT molecular complexity index is 310. The molecule has 1 aliphatic rings. The van der Waals surface area contributed by atoms with Gasteiger partial charge in [0.05, 0.1) is 7.11 Å². The van der Waals surface area contributed by atoms with Gasteiger partial charge in [-0.25, -0.2) is 0 Å². The zero-order chi connectivity index (χ0) is 12.8. The topological polar surface area (TPSA) is 46.6 Å². The number of esters is 1. The van der Waals surface area contributed by atoms with Gasteiger partial charge >= 0.3 is 5.97 Å². The van der Waals surface area contributed by atoms with Crippen molar-refractivity contribution < 1.29 is 14.3 Å². The molecule has 17 heavy (non-hydrogen) atoms. The highest BCUT2D eigenvalue weighted by Crippen LogP contribution is 2.21. The van der Waals surface area contributed by atoms with E-state index in [0.717, 1.165) is 19.3 Å². The van der Waals surface area contributed by atoms with Crippen LogP contribution in [0.4, 0.5) is 0 Å². The number of amides is 1. The van der Waals surface area contributed by atoms with Crippen molar-refractivity contribution in [3.05, 3.63) is 12.2 Å². The Balaban J connectivity index is 2.66. The quantitative estimate of drug-likeness (QED) is 0.554. The molecule has 1 unspecified atom stereocenters. The third kappa shape index (κ3) is 3.88. The highest BCUT2D eigenvalue weighted by atomic mass is 16.5. The molecule has 0 aromatic rings. The lowest BCUT2D eigenvalue weighted by molar-refractivity contribution is -0.150. The van der Waals surface area contributed by atoms with Gasteiger partial charge in [0.15, 0.2) is 0 Å². The average Bonchev–Trinajstić information content (AvgIpc) is 2.35. The SMILES string of the molecule is COC(=O)CN(C(=O)C1CC=CCC1)C(C)C. The molecule has 0 saturated carbocycles. The van der Waals surface area contributed by atoms with Gasteiger partial charge in [0, 0.05) is 12.0 Å². The van der Waals surface area contributed by atoms with Crippen molar-refractivity contribution >= 4 is 11.9 Å². The average molecular weight is 239 g/mol. The summed E-state index contributed by atoms with van der Waals surface area (Å²) in [5, 5.41) is 0. The van der Waals surface area contributed by atoms with Crippen molar-refractivity contribution in [1.82, 2.24) is 4.90 Å². The maximum absolute atomic E-state index is 12.3. The van der Waals surface area contributed by atoms with Crippen LogP contribution in [0.1, 0.15) is 33.1 Å². The number of hydrogen-bond donors (Lipinski definition) is 0. The van der Waals surface area contributed by atoms with Crippen LogP contribution in [-0.4, -0.2) is 36.5 Å². The summed E-state index contributed by atoms with van der Waals surface area (Å²) in [6.07, 6.45) is 6.75. The maximum Gasteiger partial charge on any atom is 0.325 e. The minimum absolute atomic E-state index is 0.0204. The number of carbonyl (C=O) groups is 2. The molecule has 1 rings (SSSR count). The van der Waals surface area contributed by atoms with Crippen LogP contribution >= 0.6 is 0 Å². The second kappa shape index (κ2) is 6.42. The molecule has 0 heterocycles. The van der Waals surface area contributed by atoms with E-state index in [9.17, 15) is 9.59 Å². The lowest BCUT2D eigenvalue weighted by Gasteiger charge is -2.30. The standard InChI is InChI=1S/C13H21NO3/c1-10(2)14(9-12(15)17-3)13(16)11-7-5-4-6-8-11/h4-5,10-11H,6-9H2,1-3H3. The van der Waals surface area contributed by atoms with Gasteiger partial charge in [-0.05, 0) is 33.1 Å². The third-order valence-corrected chi connectivity index (χ3v) is 3.05. The Morgan fingerprint density at radius 1 is 1.41 bits per heavy atom. The van der Waals surface area contributed by atoms with Crippen LogP contribution in [0.15, 0.2) is 12.2 Å². The lowest BCUT2D eigenvalue weighted by atomic mass is 9.92. The van der Waals surface area contributed by atoms with Crippen LogP contribution in [0.3, 0.4) is 0 Å². The van der Waals surface area contributed by atoms with Gasteiger partial charge in [0.1, 0.15) is 6.54 Å². The zero-order valence-electron chi connectivity index (χ0n) is 10.8. The Kier molecular flexibility index (Phi) is 5.19. The van der Waals surface area contributed by atoms with Gasteiger partial charge in [-0.2, -0.15) is 0 Å². The van der Waals surface area contributed by atoms with Gasteiger partial charge in [-0.15, -0.1) is 0 Å². The summed E-state index contributed by atoms with van der Waals surface area (Å²) in [6, 6.07) is 0.0208. The number of hydrogen-bond acceptors (Lipinski definition) is 3. The largest absolute Gasteiger partial charge is 0.468 e. The molecule has 4 nitrogen and oxygen atoms in total. The molecule has 0 spiro atoms. The molecular formula is C13H21NO3. The van der Waals surface area contributed by atoms with E-state index < -0.39 is 0 Å². The van der Waals surface area contributed by atoms with Crippen LogP contribution in [0.25, 0.3) is 0 Å². The summed E-state index contributed by atoms with van der Waals surface area (Å²) in [5.74, 6) is -0.278. The highest BCUT2D eigenvalue weighted by molar-refractivity contribution is 5.84. The second-order valence-corrected chi connectivity index (χ2v) is 4.62. The summed E-state index contributed by atoms with van der Waals surface area (Å²) in [7, 11) is 1.34. The normalized spacial score (nSPS) is 19.2. The van der Waals surface area contributed by atoms with Gasteiger partial charge < -0.3 is 9.64 Å². The fraction of sp³-hybridized carbons (Fsp3) is 0.692. The summed E-state index contributed by atoms with van der Waals surface area (Å²) < 4.78 is 4.62. The van der Waals surface area contributed by atoms with Crippen molar-refractivity contribution in [1.29, 1.82) is 0 Å². The molecule has 0 N–H and O–H groups in total. The monoisotopic (exact) mass is 239 g/mol. The first-order chi connectivity index (χ1) is 8.06. The minimum atomic E-state index is -0.363. The molecule has 0 aromatic carbocycles. The molecule has 0 radical (unpaired) electrons. The molecule has 0 fully saturated rings. The van der Waals surface area contributed by atoms with E-state index in [0.29, 0.717) is 0 Å². The van der Waals surface area contributed by atoms with Gasteiger partial charge in [0.25, 0.3) is 0 Å². The summed E-state index contributed by atoms with van der Waals surface area (Å²) in [4.78, 5) is 25.2. The first-order valence-corrected chi connectivity index (χ1v) is 6.08. The van der Waals surface area contributed by atoms with Crippen molar-refractivity contribution in [3.63, 3.8) is 0 Å². The minimum Gasteiger partial charge on any atom is -0.468 e. The van der Waals surface area contributed by atoms with Crippen molar-refractivity contribution in [2.24, 2.45) is 5.92 Å². The molecular weight excluding hydrogens is 218 g/mol. The molecule has 1 amide bonds. The van der Waals surface area contributed by atoms with Gasteiger partial charge in [-0.3, -0.25) is 9.59 Å². The van der Waals surface area contributed by atoms with Crippen molar-refractivity contribution in [2.75, 3.05) is 13.7 Å². The zero-order valence-corrected chi connectivity index (χ0v) is 10.8. The van der Waals surface area contributed by atoms with E-state index in [2.05, 4.69) is 10.8 Å². The van der Waals surface area contributed by atoms with Crippen LogP contribution in [-0.2, 0) is 14.3 Å². The molecule has 0 bridgehead atoms. The van der Waals surface area contributed by atoms with E-state index in [1.165, 1.54) is 7.11 Å². The Morgan fingerprint density at radius 2 is 2.12 bits per heavy atom. The van der Waals surface area contributed by atoms with Crippen molar-refractivity contribution in [3.8, 4) is 0 Å². The Labute approximate surface area is 103 Å². The smallest absolute Gasteiger partial charge is 0.325 e. The van der Waals surface area contributed by atoms with E-state index in [-0.39, 0.29) is 30.4 Å². The molecule has 0 aliphatic heterocycles. The number of carbonyl (C=O) groups excluding carboxylic acids is 2. The lowest BCUT2D eigenvalue weighted by Crippen LogP contribution is -2.44. The summed E-state index contributed by atoms with van der Waals surface area (Å²) in [5.41, 5.74) is 0. The second-order valence-electron chi connectivity index (χ2n) is 4.62. The molecule has 0 saturated heterocycles. The van der Waals surface area contributed by atoms with E-state index >= 15 is 0 Å². The van der Waals surface area contributed by atoms with E-state index in [1.54, 1.807) is 4.90 Å². The van der Waals surface area contributed by atoms with Gasteiger partial charge in [-0.1, -0.05) is 12.2 Å². The fourth-order valence-electron chi connectivity index (χ4n) is 1.97. The van der Waals surface area contributed by atoms with Crippen LogP contribution in [0.2, 0.25) is 0 Å². The van der Waals surface area contributed by atoms with Crippen molar-refractivity contribution in [2.45, 2.75) is 39.2 Å². The number of ether oxygens (including phenoxy) is 1. The molecule has 4 heteroatoms. The fourth-order valence-corrected chi connectivity index (χ4v) is 1.97. The predicted molar refractivity (Wildman–Crippen MR) is 65.3 cm³/mol. The molecule has 1 atom stereocenters. The van der Waals surface area contributed by atoms with E-state index in [4.69, 9.17) is 0 Å². The molecule has 1 aliphatic carbocycles. The van der Waals surface area contributed by atoms with Crippen LogP contribution in [0, 0.1) is 5.92 Å². The molecule has 0 aromatic heterocycles. The number of methoxy groups -OCH3 is 1. The van der Waals surface area contributed by atoms with Crippen LogP contribution < -0.4 is 0 Å². The van der Waals surface area contributed by atoms with Gasteiger partial charge in [0.2, 0.25) is 5.91 Å². The maximum atomic E-state index is 12.3. The first-order valence-electron chi connectivity index (χ1n) is 6.08. The number of nitrogens with zero attached hydrogens (tertiary/aromatic N) is 1. The summed E-state index contributed by atoms with van der Waals surface area (Å²) in [6.45, 7) is 3.88. The van der Waals surface area contributed by atoms with E-state index in [1.807, 2.05) is 19.9 Å². The third-order valence-electron chi connectivity index (χ3n) is 3.05.